The Morgan fingerprint density at radius 2 is 1.74 bits per heavy atom. The second-order valence-electron chi connectivity index (χ2n) is 7.81. The lowest BCUT2D eigenvalue weighted by molar-refractivity contribution is 0.152. The molecule has 1 atom stereocenters. The average molecular weight is 318 g/mol. The Hall–Kier alpha value is -0.900. The first kappa shape index (κ1) is 18.4. The summed E-state index contributed by atoms with van der Waals surface area (Å²) in [5.41, 5.74) is 1.66. The summed E-state index contributed by atoms with van der Waals surface area (Å²) in [4.78, 5) is 5.02. The van der Waals surface area contributed by atoms with E-state index in [0.717, 1.165) is 6.54 Å². The van der Waals surface area contributed by atoms with Crippen molar-refractivity contribution < 1.29 is 0 Å². The topological polar surface area (TPSA) is 18.5 Å². The third-order valence-corrected chi connectivity index (χ3v) is 5.11. The highest BCUT2D eigenvalue weighted by Gasteiger charge is 2.22. The first-order chi connectivity index (χ1) is 11.0. The van der Waals surface area contributed by atoms with Crippen LogP contribution in [0.5, 0.6) is 0 Å². The van der Waals surface area contributed by atoms with Crippen LogP contribution < -0.4 is 5.32 Å². The zero-order chi connectivity index (χ0) is 16.7. The van der Waals surface area contributed by atoms with E-state index in [4.69, 9.17) is 0 Å². The summed E-state index contributed by atoms with van der Waals surface area (Å²) in [6.45, 7) is 14.3. The van der Waals surface area contributed by atoms with Crippen molar-refractivity contribution in [3.63, 3.8) is 0 Å². The summed E-state index contributed by atoms with van der Waals surface area (Å²) >= 11 is 0. The maximum Gasteiger partial charge on any atom is 0.0110 e. The third kappa shape index (κ3) is 6.25. The SMILES string of the molecule is CC(CC(C)(C)c1ccccc1)NCCCN1CCN(C)CC1. The van der Waals surface area contributed by atoms with Crippen molar-refractivity contribution in [2.45, 2.75) is 45.1 Å². The first-order valence-electron chi connectivity index (χ1n) is 9.17. The molecule has 0 spiro atoms. The monoisotopic (exact) mass is 317 g/mol. The molecule has 1 heterocycles. The van der Waals surface area contributed by atoms with Gasteiger partial charge in [0.25, 0.3) is 0 Å². The van der Waals surface area contributed by atoms with Crippen LogP contribution in [-0.2, 0) is 5.41 Å². The van der Waals surface area contributed by atoms with Crippen LogP contribution in [0.15, 0.2) is 30.3 Å². The van der Waals surface area contributed by atoms with Crippen LogP contribution in [0.25, 0.3) is 0 Å². The Balaban J connectivity index is 1.64. The molecule has 1 aliphatic rings. The fraction of sp³-hybridized carbons (Fsp3) is 0.700. The number of benzene rings is 1. The average Bonchev–Trinajstić information content (AvgIpc) is 2.54. The maximum atomic E-state index is 3.72. The van der Waals surface area contributed by atoms with E-state index in [0.29, 0.717) is 6.04 Å². The Kier molecular flexibility index (Phi) is 7.07. The van der Waals surface area contributed by atoms with Crippen molar-refractivity contribution in [3.05, 3.63) is 35.9 Å². The number of hydrogen-bond acceptors (Lipinski definition) is 3. The number of nitrogens with zero attached hydrogens (tertiary/aromatic N) is 2. The van der Waals surface area contributed by atoms with Crippen molar-refractivity contribution in [2.24, 2.45) is 0 Å². The van der Waals surface area contributed by atoms with E-state index in [1.807, 2.05) is 0 Å². The molecule has 3 nitrogen and oxygen atoms in total. The molecule has 0 aliphatic carbocycles. The van der Waals surface area contributed by atoms with Gasteiger partial charge in [0.05, 0.1) is 0 Å². The van der Waals surface area contributed by atoms with Gasteiger partial charge >= 0.3 is 0 Å². The fourth-order valence-electron chi connectivity index (χ4n) is 3.57. The molecule has 1 saturated heterocycles. The first-order valence-corrected chi connectivity index (χ1v) is 9.17. The second kappa shape index (κ2) is 8.81. The standard InChI is InChI=1S/C20H35N3/c1-18(17-20(2,3)19-9-6-5-7-10-19)21-11-8-12-23-15-13-22(4)14-16-23/h5-7,9-10,18,21H,8,11-17H2,1-4H3. The van der Waals surface area contributed by atoms with Crippen LogP contribution in [0.2, 0.25) is 0 Å². The molecule has 0 radical (unpaired) electrons. The molecule has 1 aromatic rings. The molecule has 130 valence electrons. The van der Waals surface area contributed by atoms with Crippen LogP contribution in [0.1, 0.15) is 39.2 Å². The molecule has 0 saturated carbocycles. The molecule has 1 aliphatic heterocycles. The van der Waals surface area contributed by atoms with E-state index in [2.05, 4.69) is 73.3 Å². The molecule has 0 aromatic heterocycles. The van der Waals surface area contributed by atoms with Gasteiger partial charge < -0.3 is 15.1 Å². The quantitative estimate of drug-likeness (QED) is 0.744. The Labute approximate surface area is 143 Å². The Bertz CT molecular complexity index is 435. The third-order valence-electron chi connectivity index (χ3n) is 5.11. The van der Waals surface area contributed by atoms with Crippen LogP contribution >= 0.6 is 0 Å². The molecule has 23 heavy (non-hydrogen) atoms. The van der Waals surface area contributed by atoms with Crippen molar-refractivity contribution in [1.82, 2.24) is 15.1 Å². The van der Waals surface area contributed by atoms with E-state index >= 15 is 0 Å². The smallest absolute Gasteiger partial charge is 0.0110 e. The Morgan fingerprint density at radius 3 is 2.39 bits per heavy atom. The summed E-state index contributed by atoms with van der Waals surface area (Å²) in [7, 11) is 2.22. The van der Waals surface area contributed by atoms with Crippen LogP contribution in [-0.4, -0.2) is 62.2 Å². The van der Waals surface area contributed by atoms with Gasteiger partial charge in [0.2, 0.25) is 0 Å². The van der Waals surface area contributed by atoms with Gasteiger partial charge in [0.1, 0.15) is 0 Å². The summed E-state index contributed by atoms with van der Waals surface area (Å²) in [6.07, 6.45) is 2.42. The van der Waals surface area contributed by atoms with Gasteiger partial charge in [-0.3, -0.25) is 0 Å². The number of hydrogen-bond donors (Lipinski definition) is 1. The van der Waals surface area contributed by atoms with Gasteiger partial charge in [-0.15, -0.1) is 0 Å². The van der Waals surface area contributed by atoms with Crippen molar-refractivity contribution in [3.8, 4) is 0 Å². The normalized spacial score (nSPS) is 19.0. The van der Waals surface area contributed by atoms with E-state index in [1.165, 1.54) is 51.1 Å². The van der Waals surface area contributed by atoms with Gasteiger partial charge in [-0.1, -0.05) is 44.2 Å². The molecule has 3 heteroatoms. The summed E-state index contributed by atoms with van der Waals surface area (Å²) in [6, 6.07) is 11.4. The summed E-state index contributed by atoms with van der Waals surface area (Å²) in [5.74, 6) is 0. The molecule has 1 unspecified atom stereocenters. The predicted molar refractivity (Wildman–Crippen MR) is 100 cm³/mol. The maximum absolute atomic E-state index is 3.72. The van der Waals surface area contributed by atoms with E-state index in [1.54, 1.807) is 0 Å². The number of rotatable bonds is 8. The van der Waals surface area contributed by atoms with Crippen LogP contribution in [0, 0.1) is 0 Å². The molecular weight excluding hydrogens is 282 g/mol. The fourth-order valence-corrected chi connectivity index (χ4v) is 3.57. The van der Waals surface area contributed by atoms with Crippen LogP contribution in [0.3, 0.4) is 0 Å². The number of likely N-dealkylation sites (N-methyl/N-ethyl adjacent to an activating group) is 1. The molecule has 1 fully saturated rings. The van der Waals surface area contributed by atoms with Crippen molar-refractivity contribution >= 4 is 0 Å². The summed E-state index contributed by atoms with van der Waals surface area (Å²) in [5, 5.41) is 3.72. The lowest BCUT2D eigenvalue weighted by Gasteiger charge is -2.32. The number of piperazine rings is 1. The molecule has 0 bridgehead atoms. The predicted octanol–water partition coefficient (Wildman–Crippen LogP) is 2.97. The molecular formula is C20H35N3. The minimum Gasteiger partial charge on any atom is -0.314 e. The highest BCUT2D eigenvalue weighted by Crippen LogP contribution is 2.28. The zero-order valence-corrected chi connectivity index (χ0v) is 15.5. The van der Waals surface area contributed by atoms with Crippen molar-refractivity contribution in [2.75, 3.05) is 46.3 Å². The van der Waals surface area contributed by atoms with E-state index in [9.17, 15) is 0 Å². The largest absolute Gasteiger partial charge is 0.314 e. The molecule has 1 aromatic carbocycles. The lowest BCUT2D eigenvalue weighted by Crippen LogP contribution is -2.45. The van der Waals surface area contributed by atoms with Crippen molar-refractivity contribution in [1.29, 1.82) is 0 Å². The molecule has 2 rings (SSSR count). The van der Waals surface area contributed by atoms with Gasteiger partial charge in [-0.05, 0) is 50.9 Å². The van der Waals surface area contributed by atoms with Gasteiger partial charge in [0.15, 0.2) is 0 Å². The van der Waals surface area contributed by atoms with E-state index < -0.39 is 0 Å². The summed E-state index contributed by atoms with van der Waals surface area (Å²) < 4.78 is 0. The van der Waals surface area contributed by atoms with Gasteiger partial charge in [-0.25, -0.2) is 0 Å². The molecule has 0 amide bonds. The minimum atomic E-state index is 0.227. The van der Waals surface area contributed by atoms with Gasteiger partial charge in [-0.2, -0.15) is 0 Å². The number of nitrogens with one attached hydrogen (secondary N) is 1. The zero-order valence-electron chi connectivity index (χ0n) is 15.5. The highest BCUT2D eigenvalue weighted by atomic mass is 15.2. The Morgan fingerprint density at radius 1 is 1.09 bits per heavy atom. The minimum absolute atomic E-state index is 0.227. The molecule has 1 N–H and O–H groups in total. The second-order valence-corrected chi connectivity index (χ2v) is 7.81. The van der Waals surface area contributed by atoms with Crippen LogP contribution in [0.4, 0.5) is 0 Å². The van der Waals surface area contributed by atoms with Gasteiger partial charge in [0, 0.05) is 32.2 Å². The highest BCUT2D eigenvalue weighted by molar-refractivity contribution is 5.23. The van der Waals surface area contributed by atoms with E-state index in [-0.39, 0.29) is 5.41 Å². The lowest BCUT2D eigenvalue weighted by atomic mass is 9.79.